The minimum atomic E-state index is -0.852. The molecule has 0 aromatic heterocycles. The number of nitrogens with two attached hydrogens (primary N) is 1. The van der Waals surface area contributed by atoms with Crippen molar-refractivity contribution < 1.29 is 13.9 Å². The SMILES string of the molecule is CCOc1cc(F)ccc1NC(=O)C1(N)CCCC(C)C1. The van der Waals surface area contributed by atoms with Crippen LogP contribution in [-0.2, 0) is 4.79 Å². The number of halogens is 1. The van der Waals surface area contributed by atoms with Crippen LogP contribution in [0.3, 0.4) is 0 Å². The molecule has 1 aliphatic carbocycles. The Morgan fingerprint density at radius 3 is 3.00 bits per heavy atom. The third-order valence-electron chi connectivity index (χ3n) is 3.98. The Morgan fingerprint density at radius 1 is 1.57 bits per heavy atom. The van der Waals surface area contributed by atoms with Gasteiger partial charge in [0.25, 0.3) is 0 Å². The van der Waals surface area contributed by atoms with E-state index >= 15 is 0 Å². The molecule has 2 atom stereocenters. The van der Waals surface area contributed by atoms with Crippen LogP contribution in [0, 0.1) is 11.7 Å². The molecule has 1 fully saturated rings. The lowest BCUT2D eigenvalue weighted by Crippen LogP contribution is -2.53. The van der Waals surface area contributed by atoms with Crippen LogP contribution >= 0.6 is 0 Å². The van der Waals surface area contributed by atoms with Crippen molar-refractivity contribution >= 4 is 11.6 Å². The molecular weight excluding hydrogens is 271 g/mol. The minimum Gasteiger partial charge on any atom is -0.492 e. The number of anilines is 1. The number of carbonyl (C=O) groups is 1. The highest BCUT2D eigenvalue weighted by atomic mass is 19.1. The number of hydrogen-bond donors (Lipinski definition) is 2. The fourth-order valence-corrected chi connectivity index (χ4v) is 2.92. The Labute approximate surface area is 124 Å². The molecule has 116 valence electrons. The van der Waals surface area contributed by atoms with Gasteiger partial charge in [0.1, 0.15) is 11.6 Å². The summed E-state index contributed by atoms with van der Waals surface area (Å²) in [6.07, 6.45) is 3.40. The number of hydrogen-bond acceptors (Lipinski definition) is 3. The predicted octanol–water partition coefficient (Wildman–Crippen LogP) is 3.07. The average Bonchev–Trinajstić information content (AvgIpc) is 2.41. The van der Waals surface area contributed by atoms with Gasteiger partial charge in [-0.25, -0.2) is 4.39 Å². The highest BCUT2D eigenvalue weighted by molar-refractivity contribution is 5.99. The molecule has 21 heavy (non-hydrogen) atoms. The molecule has 0 aliphatic heterocycles. The number of carbonyl (C=O) groups excluding carboxylic acids is 1. The summed E-state index contributed by atoms with van der Waals surface area (Å²) in [4.78, 5) is 12.5. The Balaban J connectivity index is 2.15. The Kier molecular flexibility index (Phi) is 4.83. The zero-order valence-corrected chi connectivity index (χ0v) is 12.6. The standard InChI is InChI=1S/C16H23FN2O2/c1-3-21-14-9-12(17)6-7-13(14)19-15(20)16(18)8-4-5-11(2)10-16/h6-7,9,11H,3-5,8,10,18H2,1-2H3,(H,19,20). The van der Waals surface area contributed by atoms with Gasteiger partial charge in [0, 0.05) is 6.07 Å². The number of amides is 1. The average molecular weight is 294 g/mol. The van der Waals surface area contributed by atoms with E-state index in [1.54, 1.807) is 0 Å². The van der Waals surface area contributed by atoms with Crippen molar-refractivity contribution in [1.82, 2.24) is 0 Å². The summed E-state index contributed by atoms with van der Waals surface area (Å²) in [5, 5.41) is 2.80. The van der Waals surface area contributed by atoms with Gasteiger partial charge in [-0.1, -0.05) is 19.8 Å². The summed E-state index contributed by atoms with van der Waals surface area (Å²) < 4.78 is 18.6. The van der Waals surface area contributed by atoms with E-state index in [0.717, 1.165) is 12.8 Å². The molecule has 2 unspecified atom stereocenters. The topological polar surface area (TPSA) is 64.3 Å². The van der Waals surface area contributed by atoms with E-state index in [9.17, 15) is 9.18 Å². The predicted molar refractivity (Wildman–Crippen MR) is 80.7 cm³/mol. The molecule has 1 aliphatic rings. The van der Waals surface area contributed by atoms with Crippen molar-refractivity contribution in [2.75, 3.05) is 11.9 Å². The Morgan fingerprint density at radius 2 is 2.33 bits per heavy atom. The van der Waals surface area contributed by atoms with Gasteiger partial charge in [0.15, 0.2) is 0 Å². The molecule has 0 bridgehead atoms. The van der Waals surface area contributed by atoms with Crippen LogP contribution in [0.1, 0.15) is 39.5 Å². The maximum atomic E-state index is 13.3. The number of rotatable bonds is 4. The smallest absolute Gasteiger partial charge is 0.244 e. The van der Waals surface area contributed by atoms with Gasteiger partial charge in [-0.15, -0.1) is 0 Å². The molecule has 0 radical (unpaired) electrons. The summed E-state index contributed by atoms with van der Waals surface area (Å²) in [5.41, 5.74) is 5.88. The van der Waals surface area contributed by atoms with Crippen LogP contribution in [-0.4, -0.2) is 18.1 Å². The first kappa shape index (κ1) is 15.8. The highest BCUT2D eigenvalue weighted by Gasteiger charge is 2.38. The van der Waals surface area contributed by atoms with Gasteiger partial charge in [-0.3, -0.25) is 4.79 Å². The second-order valence-electron chi connectivity index (χ2n) is 5.89. The van der Waals surface area contributed by atoms with E-state index in [0.29, 0.717) is 36.8 Å². The maximum absolute atomic E-state index is 13.3. The molecule has 0 heterocycles. The molecule has 0 spiro atoms. The number of benzene rings is 1. The molecule has 3 N–H and O–H groups in total. The maximum Gasteiger partial charge on any atom is 0.244 e. The van der Waals surface area contributed by atoms with E-state index in [1.807, 2.05) is 6.92 Å². The van der Waals surface area contributed by atoms with Gasteiger partial charge in [0.2, 0.25) is 5.91 Å². The van der Waals surface area contributed by atoms with Crippen LogP contribution in [0.2, 0.25) is 0 Å². The van der Waals surface area contributed by atoms with E-state index in [1.165, 1.54) is 18.2 Å². The molecule has 1 amide bonds. The summed E-state index contributed by atoms with van der Waals surface area (Å²) >= 11 is 0. The van der Waals surface area contributed by atoms with Crippen LogP contribution in [0.15, 0.2) is 18.2 Å². The van der Waals surface area contributed by atoms with Crippen molar-refractivity contribution in [3.05, 3.63) is 24.0 Å². The second-order valence-corrected chi connectivity index (χ2v) is 5.89. The van der Waals surface area contributed by atoms with E-state index in [-0.39, 0.29) is 5.91 Å². The van der Waals surface area contributed by atoms with Crippen LogP contribution in [0.4, 0.5) is 10.1 Å². The van der Waals surface area contributed by atoms with Gasteiger partial charge < -0.3 is 15.8 Å². The van der Waals surface area contributed by atoms with E-state index < -0.39 is 11.4 Å². The molecular formula is C16H23FN2O2. The first-order valence-electron chi connectivity index (χ1n) is 7.47. The summed E-state index contributed by atoms with van der Waals surface area (Å²) in [5.74, 6) is 0.152. The lowest BCUT2D eigenvalue weighted by Gasteiger charge is -2.35. The van der Waals surface area contributed by atoms with E-state index in [2.05, 4.69) is 12.2 Å². The van der Waals surface area contributed by atoms with Crippen molar-refractivity contribution in [3.8, 4) is 5.75 Å². The summed E-state index contributed by atoms with van der Waals surface area (Å²) in [6, 6.07) is 4.07. The lowest BCUT2D eigenvalue weighted by atomic mass is 9.76. The molecule has 1 saturated carbocycles. The van der Waals surface area contributed by atoms with Gasteiger partial charge in [-0.05, 0) is 37.8 Å². The largest absolute Gasteiger partial charge is 0.492 e. The van der Waals surface area contributed by atoms with Crippen LogP contribution in [0.25, 0.3) is 0 Å². The summed E-state index contributed by atoms with van der Waals surface area (Å²) in [6.45, 7) is 4.32. The molecule has 1 aromatic carbocycles. The van der Waals surface area contributed by atoms with E-state index in [4.69, 9.17) is 10.5 Å². The van der Waals surface area contributed by atoms with Crippen molar-refractivity contribution in [2.45, 2.75) is 45.1 Å². The van der Waals surface area contributed by atoms with Gasteiger partial charge in [-0.2, -0.15) is 0 Å². The highest BCUT2D eigenvalue weighted by Crippen LogP contribution is 2.33. The van der Waals surface area contributed by atoms with Crippen molar-refractivity contribution in [2.24, 2.45) is 11.7 Å². The zero-order chi connectivity index (χ0) is 15.5. The summed E-state index contributed by atoms with van der Waals surface area (Å²) in [7, 11) is 0. The van der Waals surface area contributed by atoms with Crippen molar-refractivity contribution in [1.29, 1.82) is 0 Å². The molecule has 4 nitrogen and oxygen atoms in total. The Hall–Kier alpha value is -1.62. The normalized spacial score (nSPS) is 25.4. The molecule has 5 heteroatoms. The van der Waals surface area contributed by atoms with Crippen LogP contribution in [0.5, 0.6) is 5.75 Å². The fourth-order valence-electron chi connectivity index (χ4n) is 2.92. The molecule has 2 rings (SSSR count). The Bertz CT molecular complexity index is 521. The second kappa shape index (κ2) is 6.43. The number of nitrogens with one attached hydrogen (secondary N) is 1. The van der Waals surface area contributed by atoms with Gasteiger partial charge >= 0.3 is 0 Å². The third-order valence-corrected chi connectivity index (χ3v) is 3.98. The third kappa shape index (κ3) is 3.73. The first-order valence-corrected chi connectivity index (χ1v) is 7.47. The molecule has 0 saturated heterocycles. The van der Waals surface area contributed by atoms with Crippen molar-refractivity contribution in [3.63, 3.8) is 0 Å². The number of ether oxygens (including phenoxy) is 1. The quantitative estimate of drug-likeness (QED) is 0.897. The first-order chi connectivity index (χ1) is 9.94. The van der Waals surface area contributed by atoms with Crippen LogP contribution < -0.4 is 15.8 Å². The fraction of sp³-hybridized carbons (Fsp3) is 0.562. The monoisotopic (exact) mass is 294 g/mol. The zero-order valence-electron chi connectivity index (χ0n) is 12.6. The molecule has 1 aromatic rings. The lowest BCUT2D eigenvalue weighted by molar-refractivity contribution is -0.122. The van der Waals surface area contributed by atoms with Gasteiger partial charge in [0.05, 0.1) is 17.8 Å². The minimum absolute atomic E-state index is 0.221.